The number of hydrazone groups is 1. The van der Waals surface area contributed by atoms with Crippen molar-refractivity contribution >= 4 is 11.6 Å². The van der Waals surface area contributed by atoms with E-state index in [1.165, 1.54) is 5.56 Å². The van der Waals surface area contributed by atoms with Gasteiger partial charge in [0, 0.05) is 31.3 Å². The molecule has 1 saturated heterocycles. The average Bonchev–Trinajstić information content (AvgIpc) is 3.35. The molecule has 0 bridgehead atoms. The number of benzene rings is 1. The first-order valence-corrected chi connectivity index (χ1v) is 8.86. The van der Waals surface area contributed by atoms with Crippen molar-refractivity contribution in [2.75, 3.05) is 19.6 Å². The molecule has 3 heterocycles. The van der Waals surface area contributed by atoms with E-state index in [1.54, 1.807) is 5.01 Å². The fraction of sp³-hybridized carbons (Fsp3) is 0.421. The molecule has 2 aliphatic heterocycles. The Morgan fingerprint density at radius 2 is 2.08 bits per heavy atom. The first-order chi connectivity index (χ1) is 12.2. The van der Waals surface area contributed by atoms with E-state index in [9.17, 15) is 4.79 Å². The van der Waals surface area contributed by atoms with Crippen molar-refractivity contribution in [3.8, 4) is 0 Å². The third-order valence-electron chi connectivity index (χ3n) is 5.01. The van der Waals surface area contributed by atoms with Gasteiger partial charge in [-0.3, -0.25) is 14.4 Å². The van der Waals surface area contributed by atoms with Crippen LogP contribution in [0.3, 0.4) is 0 Å². The summed E-state index contributed by atoms with van der Waals surface area (Å²) in [7, 11) is 1.93. The fourth-order valence-electron chi connectivity index (χ4n) is 3.73. The average molecular weight is 337 g/mol. The second-order valence-electron chi connectivity index (χ2n) is 6.76. The monoisotopic (exact) mass is 337 g/mol. The Bertz CT molecular complexity index is 782. The van der Waals surface area contributed by atoms with Gasteiger partial charge in [0.05, 0.1) is 25.0 Å². The molecule has 0 aliphatic carbocycles. The zero-order valence-corrected chi connectivity index (χ0v) is 14.5. The van der Waals surface area contributed by atoms with Gasteiger partial charge in [-0.25, -0.2) is 5.01 Å². The Labute approximate surface area is 147 Å². The van der Waals surface area contributed by atoms with E-state index in [4.69, 9.17) is 0 Å². The van der Waals surface area contributed by atoms with Gasteiger partial charge in [-0.05, 0) is 24.9 Å². The van der Waals surface area contributed by atoms with E-state index in [1.807, 2.05) is 48.3 Å². The highest BCUT2D eigenvalue weighted by molar-refractivity contribution is 6.02. The van der Waals surface area contributed by atoms with Crippen LogP contribution in [0.15, 0.2) is 47.8 Å². The fourth-order valence-corrected chi connectivity index (χ4v) is 3.73. The molecule has 0 unspecified atom stereocenters. The topological polar surface area (TPSA) is 53.7 Å². The molecule has 1 fully saturated rings. The van der Waals surface area contributed by atoms with Crippen molar-refractivity contribution in [3.05, 3.63) is 53.9 Å². The molecule has 130 valence electrons. The summed E-state index contributed by atoms with van der Waals surface area (Å²) >= 11 is 0. The molecule has 25 heavy (non-hydrogen) atoms. The lowest BCUT2D eigenvalue weighted by Crippen LogP contribution is -2.36. The second-order valence-corrected chi connectivity index (χ2v) is 6.76. The van der Waals surface area contributed by atoms with Crippen molar-refractivity contribution in [3.63, 3.8) is 0 Å². The van der Waals surface area contributed by atoms with E-state index >= 15 is 0 Å². The number of amides is 1. The SMILES string of the molecule is Cn1cc([C@@H]2CCCN2CC(=O)N2CCC(c3ccccc3)=N2)cn1. The zero-order chi connectivity index (χ0) is 17.2. The van der Waals surface area contributed by atoms with Crippen LogP contribution in [0, 0.1) is 0 Å². The number of nitrogens with zero attached hydrogens (tertiary/aromatic N) is 5. The van der Waals surface area contributed by atoms with Gasteiger partial charge in [-0.2, -0.15) is 10.2 Å². The van der Waals surface area contributed by atoms with Crippen LogP contribution in [0.4, 0.5) is 0 Å². The normalized spacial score (nSPS) is 20.9. The minimum atomic E-state index is 0.0849. The van der Waals surface area contributed by atoms with Gasteiger partial charge in [-0.1, -0.05) is 30.3 Å². The zero-order valence-electron chi connectivity index (χ0n) is 14.5. The molecular weight excluding hydrogens is 314 g/mol. The number of hydrogen-bond donors (Lipinski definition) is 0. The van der Waals surface area contributed by atoms with Crippen LogP contribution in [-0.2, 0) is 11.8 Å². The highest BCUT2D eigenvalue weighted by Crippen LogP contribution is 2.31. The van der Waals surface area contributed by atoms with Gasteiger partial charge >= 0.3 is 0 Å². The Morgan fingerprint density at radius 1 is 1.24 bits per heavy atom. The van der Waals surface area contributed by atoms with Gasteiger partial charge < -0.3 is 0 Å². The van der Waals surface area contributed by atoms with Crippen LogP contribution in [0.1, 0.15) is 36.4 Å². The van der Waals surface area contributed by atoms with Crippen LogP contribution in [0.5, 0.6) is 0 Å². The van der Waals surface area contributed by atoms with E-state index < -0.39 is 0 Å². The highest BCUT2D eigenvalue weighted by atomic mass is 16.2. The summed E-state index contributed by atoms with van der Waals surface area (Å²) in [6.07, 6.45) is 6.98. The standard InChI is InChI=1S/C19H23N5O/c1-22-13-16(12-20-22)18-8-5-10-23(18)14-19(25)24-11-9-17(21-24)15-6-3-2-4-7-15/h2-4,6-7,12-13,18H,5,8-11,14H2,1H3/t18-/m0/s1. The van der Waals surface area contributed by atoms with E-state index in [0.29, 0.717) is 13.1 Å². The lowest BCUT2D eigenvalue weighted by molar-refractivity contribution is -0.132. The predicted octanol–water partition coefficient (Wildman–Crippen LogP) is 2.19. The predicted molar refractivity (Wildman–Crippen MR) is 96.1 cm³/mol. The minimum absolute atomic E-state index is 0.0849. The van der Waals surface area contributed by atoms with Gasteiger partial charge in [0.2, 0.25) is 0 Å². The highest BCUT2D eigenvalue weighted by Gasteiger charge is 2.31. The molecule has 1 aromatic carbocycles. The molecule has 0 saturated carbocycles. The van der Waals surface area contributed by atoms with Crippen LogP contribution < -0.4 is 0 Å². The lowest BCUT2D eigenvalue weighted by atomic mass is 10.1. The third kappa shape index (κ3) is 3.35. The maximum atomic E-state index is 12.7. The van der Waals surface area contributed by atoms with Gasteiger partial charge in [-0.15, -0.1) is 0 Å². The molecule has 6 heteroatoms. The molecule has 4 rings (SSSR count). The molecule has 1 amide bonds. The van der Waals surface area contributed by atoms with Crippen LogP contribution in [0.2, 0.25) is 0 Å². The number of aryl methyl sites for hydroxylation is 1. The summed E-state index contributed by atoms with van der Waals surface area (Å²) in [5.41, 5.74) is 3.30. The smallest absolute Gasteiger partial charge is 0.256 e. The quantitative estimate of drug-likeness (QED) is 0.859. The largest absolute Gasteiger partial charge is 0.287 e. The summed E-state index contributed by atoms with van der Waals surface area (Å²) in [5.74, 6) is 0.0849. The molecule has 1 atom stereocenters. The summed E-state index contributed by atoms with van der Waals surface area (Å²) in [6.45, 7) is 2.05. The van der Waals surface area contributed by atoms with E-state index in [2.05, 4.69) is 21.3 Å². The number of likely N-dealkylation sites (tertiary alicyclic amines) is 1. The molecule has 0 radical (unpaired) electrons. The number of aromatic nitrogens is 2. The minimum Gasteiger partial charge on any atom is -0.287 e. The van der Waals surface area contributed by atoms with Gasteiger partial charge in [0.15, 0.2) is 0 Å². The number of rotatable bonds is 4. The van der Waals surface area contributed by atoms with Crippen molar-refractivity contribution in [1.29, 1.82) is 0 Å². The lowest BCUT2D eigenvalue weighted by Gasteiger charge is -2.24. The van der Waals surface area contributed by atoms with Crippen molar-refractivity contribution < 1.29 is 4.79 Å². The molecule has 0 spiro atoms. The number of carbonyl (C=O) groups is 1. The second kappa shape index (κ2) is 6.80. The molecule has 0 N–H and O–H groups in total. The van der Waals surface area contributed by atoms with Crippen molar-refractivity contribution in [2.45, 2.75) is 25.3 Å². The van der Waals surface area contributed by atoms with Gasteiger partial charge in [0.1, 0.15) is 0 Å². The van der Waals surface area contributed by atoms with E-state index in [-0.39, 0.29) is 11.9 Å². The summed E-state index contributed by atoms with van der Waals surface area (Å²) < 4.78 is 1.82. The Kier molecular flexibility index (Phi) is 4.36. The van der Waals surface area contributed by atoms with Crippen LogP contribution >= 0.6 is 0 Å². The summed E-state index contributed by atoms with van der Waals surface area (Å²) in [6, 6.07) is 10.4. The Hall–Kier alpha value is -2.47. The van der Waals surface area contributed by atoms with Crippen LogP contribution in [0.25, 0.3) is 0 Å². The first-order valence-electron chi connectivity index (χ1n) is 8.86. The first kappa shape index (κ1) is 16.0. The van der Waals surface area contributed by atoms with Gasteiger partial charge in [0.25, 0.3) is 5.91 Å². The van der Waals surface area contributed by atoms with Crippen LogP contribution in [-0.4, -0.2) is 50.9 Å². The molecule has 2 aromatic rings. The van der Waals surface area contributed by atoms with Crippen molar-refractivity contribution in [2.24, 2.45) is 12.1 Å². The third-order valence-corrected chi connectivity index (χ3v) is 5.01. The molecule has 1 aromatic heterocycles. The summed E-state index contributed by atoms with van der Waals surface area (Å²) in [5, 5.41) is 10.5. The summed E-state index contributed by atoms with van der Waals surface area (Å²) in [4.78, 5) is 15.0. The number of hydrogen-bond acceptors (Lipinski definition) is 4. The maximum absolute atomic E-state index is 12.7. The Balaban J connectivity index is 1.43. The number of carbonyl (C=O) groups excluding carboxylic acids is 1. The van der Waals surface area contributed by atoms with E-state index in [0.717, 1.165) is 37.1 Å². The molecule has 6 nitrogen and oxygen atoms in total. The van der Waals surface area contributed by atoms with Crippen molar-refractivity contribution in [1.82, 2.24) is 19.7 Å². The Morgan fingerprint density at radius 3 is 2.84 bits per heavy atom. The molecule has 2 aliphatic rings. The maximum Gasteiger partial charge on any atom is 0.256 e. The molecular formula is C19H23N5O.